The molecule has 1 N–H and O–H groups in total. The summed E-state index contributed by atoms with van der Waals surface area (Å²) in [6, 6.07) is 8.81. The zero-order valence-corrected chi connectivity index (χ0v) is 11.9. The second-order valence-corrected chi connectivity index (χ2v) is 5.21. The van der Waals surface area contributed by atoms with E-state index in [1.54, 1.807) is 12.3 Å². The van der Waals surface area contributed by atoms with E-state index in [0.717, 1.165) is 10.2 Å². The number of furan rings is 1. The highest BCUT2D eigenvalue weighted by Gasteiger charge is 2.15. The Bertz CT molecular complexity index is 513. The summed E-state index contributed by atoms with van der Waals surface area (Å²) in [6.45, 7) is 3.93. The molecular formula is C14H15BrFNO. The van der Waals surface area contributed by atoms with Gasteiger partial charge in [0.05, 0.1) is 12.3 Å². The van der Waals surface area contributed by atoms with Crippen molar-refractivity contribution in [3.05, 3.63) is 58.2 Å². The third-order valence-corrected chi connectivity index (χ3v) is 3.39. The Morgan fingerprint density at radius 3 is 2.61 bits per heavy atom. The van der Waals surface area contributed by atoms with Crippen LogP contribution in [0.2, 0.25) is 0 Å². The molecule has 0 aliphatic rings. The van der Waals surface area contributed by atoms with E-state index >= 15 is 0 Å². The lowest BCUT2D eigenvalue weighted by molar-refractivity contribution is 0.397. The SMILES string of the molecule is CC(NC(C)c1ccc(Br)cc1F)c1ccco1. The Hall–Kier alpha value is -1.13. The van der Waals surface area contributed by atoms with Crippen molar-refractivity contribution in [3.63, 3.8) is 0 Å². The lowest BCUT2D eigenvalue weighted by Gasteiger charge is -2.19. The number of hydrogen-bond acceptors (Lipinski definition) is 2. The van der Waals surface area contributed by atoms with Gasteiger partial charge < -0.3 is 9.73 Å². The van der Waals surface area contributed by atoms with E-state index in [-0.39, 0.29) is 17.9 Å². The van der Waals surface area contributed by atoms with Crippen LogP contribution in [0.4, 0.5) is 4.39 Å². The number of hydrogen-bond donors (Lipinski definition) is 1. The molecular weight excluding hydrogens is 297 g/mol. The molecule has 4 heteroatoms. The van der Waals surface area contributed by atoms with Crippen LogP contribution >= 0.6 is 15.9 Å². The van der Waals surface area contributed by atoms with Crippen LogP contribution in [-0.4, -0.2) is 0 Å². The maximum atomic E-state index is 13.8. The Labute approximate surface area is 114 Å². The molecule has 1 heterocycles. The normalized spacial score (nSPS) is 14.4. The van der Waals surface area contributed by atoms with Crippen LogP contribution in [0.3, 0.4) is 0 Å². The minimum atomic E-state index is -0.212. The van der Waals surface area contributed by atoms with E-state index in [4.69, 9.17) is 4.42 Å². The smallest absolute Gasteiger partial charge is 0.129 e. The van der Waals surface area contributed by atoms with Crippen molar-refractivity contribution < 1.29 is 8.81 Å². The average Bonchev–Trinajstić information content (AvgIpc) is 2.81. The maximum Gasteiger partial charge on any atom is 0.129 e. The lowest BCUT2D eigenvalue weighted by atomic mass is 10.1. The van der Waals surface area contributed by atoms with Gasteiger partial charge in [-0.3, -0.25) is 0 Å². The second-order valence-electron chi connectivity index (χ2n) is 4.29. The molecule has 0 spiro atoms. The van der Waals surface area contributed by atoms with Crippen LogP contribution in [0.25, 0.3) is 0 Å². The zero-order chi connectivity index (χ0) is 13.1. The van der Waals surface area contributed by atoms with E-state index in [2.05, 4.69) is 21.2 Å². The van der Waals surface area contributed by atoms with Gasteiger partial charge in [0.25, 0.3) is 0 Å². The maximum absolute atomic E-state index is 13.8. The summed E-state index contributed by atoms with van der Waals surface area (Å²) in [5.41, 5.74) is 0.650. The number of halogens is 2. The van der Waals surface area contributed by atoms with Gasteiger partial charge in [0.1, 0.15) is 11.6 Å². The fourth-order valence-corrected chi connectivity index (χ4v) is 2.27. The van der Waals surface area contributed by atoms with Crippen molar-refractivity contribution in [2.24, 2.45) is 0 Å². The van der Waals surface area contributed by atoms with E-state index in [1.807, 2.05) is 32.0 Å². The van der Waals surface area contributed by atoms with Crippen LogP contribution < -0.4 is 5.32 Å². The monoisotopic (exact) mass is 311 g/mol. The van der Waals surface area contributed by atoms with E-state index < -0.39 is 0 Å². The molecule has 2 aromatic rings. The summed E-state index contributed by atoms with van der Waals surface area (Å²) in [6.07, 6.45) is 1.64. The molecule has 0 radical (unpaired) electrons. The van der Waals surface area contributed by atoms with Gasteiger partial charge in [-0.2, -0.15) is 0 Å². The third kappa shape index (κ3) is 3.00. The largest absolute Gasteiger partial charge is 0.468 e. The second kappa shape index (κ2) is 5.67. The predicted octanol–water partition coefficient (Wildman–Crippen LogP) is 4.59. The fraction of sp³-hybridized carbons (Fsp3) is 0.286. The summed E-state index contributed by atoms with van der Waals surface area (Å²) < 4.78 is 19.9. The summed E-state index contributed by atoms with van der Waals surface area (Å²) in [7, 11) is 0. The van der Waals surface area contributed by atoms with E-state index in [9.17, 15) is 4.39 Å². The van der Waals surface area contributed by atoms with Crippen molar-refractivity contribution in [1.29, 1.82) is 0 Å². The molecule has 0 aliphatic heterocycles. The van der Waals surface area contributed by atoms with Gasteiger partial charge in [0.2, 0.25) is 0 Å². The van der Waals surface area contributed by atoms with Crippen molar-refractivity contribution >= 4 is 15.9 Å². The number of nitrogens with one attached hydrogen (secondary N) is 1. The van der Waals surface area contributed by atoms with Crippen LogP contribution in [0.15, 0.2) is 45.5 Å². The fourth-order valence-electron chi connectivity index (χ4n) is 1.94. The molecule has 96 valence electrons. The van der Waals surface area contributed by atoms with Gasteiger partial charge in [-0.1, -0.05) is 22.0 Å². The van der Waals surface area contributed by atoms with Gasteiger partial charge in [0.15, 0.2) is 0 Å². The van der Waals surface area contributed by atoms with Gasteiger partial charge in [-0.15, -0.1) is 0 Å². The first-order valence-corrected chi connectivity index (χ1v) is 6.61. The van der Waals surface area contributed by atoms with Gasteiger partial charge in [-0.05, 0) is 38.1 Å². The third-order valence-electron chi connectivity index (χ3n) is 2.90. The van der Waals surface area contributed by atoms with Crippen LogP contribution in [0.1, 0.15) is 37.3 Å². The van der Waals surface area contributed by atoms with E-state index in [0.29, 0.717) is 5.56 Å². The molecule has 0 saturated heterocycles. The zero-order valence-electron chi connectivity index (χ0n) is 10.3. The standard InChI is InChI=1S/C14H15BrFNO/c1-9(12-6-5-11(15)8-13(12)16)17-10(2)14-4-3-7-18-14/h3-10,17H,1-2H3. The molecule has 18 heavy (non-hydrogen) atoms. The molecule has 2 nitrogen and oxygen atoms in total. The molecule has 1 aromatic heterocycles. The summed E-state index contributed by atoms with van der Waals surface area (Å²) in [5, 5.41) is 3.31. The highest BCUT2D eigenvalue weighted by atomic mass is 79.9. The number of rotatable bonds is 4. The molecule has 2 rings (SSSR count). The highest BCUT2D eigenvalue weighted by molar-refractivity contribution is 9.10. The summed E-state index contributed by atoms with van der Waals surface area (Å²) >= 11 is 3.25. The molecule has 2 atom stereocenters. The molecule has 0 fully saturated rings. The quantitative estimate of drug-likeness (QED) is 0.893. The molecule has 2 unspecified atom stereocenters. The minimum Gasteiger partial charge on any atom is -0.468 e. The van der Waals surface area contributed by atoms with Gasteiger partial charge in [0, 0.05) is 16.1 Å². The average molecular weight is 312 g/mol. The van der Waals surface area contributed by atoms with Crippen molar-refractivity contribution in [1.82, 2.24) is 5.32 Å². The Balaban J connectivity index is 2.10. The lowest BCUT2D eigenvalue weighted by Crippen LogP contribution is -2.22. The number of benzene rings is 1. The molecule has 1 aromatic carbocycles. The highest BCUT2D eigenvalue weighted by Crippen LogP contribution is 2.23. The summed E-state index contributed by atoms with van der Waals surface area (Å²) in [4.78, 5) is 0. The Morgan fingerprint density at radius 2 is 2.00 bits per heavy atom. The Kier molecular flexibility index (Phi) is 4.19. The van der Waals surface area contributed by atoms with Gasteiger partial charge >= 0.3 is 0 Å². The van der Waals surface area contributed by atoms with Crippen LogP contribution in [0, 0.1) is 5.82 Å². The van der Waals surface area contributed by atoms with Crippen LogP contribution in [-0.2, 0) is 0 Å². The topological polar surface area (TPSA) is 25.2 Å². The molecule has 0 saturated carbocycles. The molecule has 0 amide bonds. The minimum absolute atomic E-state index is 0.0399. The van der Waals surface area contributed by atoms with Crippen molar-refractivity contribution in [2.75, 3.05) is 0 Å². The van der Waals surface area contributed by atoms with Crippen molar-refractivity contribution in [2.45, 2.75) is 25.9 Å². The molecule has 0 bridgehead atoms. The predicted molar refractivity (Wildman–Crippen MR) is 72.8 cm³/mol. The first kappa shape index (κ1) is 13.3. The van der Waals surface area contributed by atoms with Gasteiger partial charge in [-0.25, -0.2) is 4.39 Å². The van der Waals surface area contributed by atoms with Crippen molar-refractivity contribution in [3.8, 4) is 0 Å². The summed E-state index contributed by atoms with van der Waals surface area (Å²) in [5.74, 6) is 0.635. The first-order chi connectivity index (χ1) is 8.58. The van der Waals surface area contributed by atoms with E-state index in [1.165, 1.54) is 6.07 Å². The van der Waals surface area contributed by atoms with Crippen LogP contribution in [0.5, 0.6) is 0 Å². The first-order valence-electron chi connectivity index (χ1n) is 5.82. The molecule has 0 aliphatic carbocycles. The Morgan fingerprint density at radius 1 is 1.22 bits per heavy atom.